The van der Waals surface area contributed by atoms with Crippen molar-refractivity contribution in [2.45, 2.75) is 57.7 Å². The summed E-state index contributed by atoms with van der Waals surface area (Å²) in [6.07, 6.45) is 1.13. The number of aliphatic hydroxyl groups excluding tert-OH is 2. The van der Waals surface area contributed by atoms with Gasteiger partial charge >= 0.3 is 0 Å². The topological polar surface area (TPSA) is 58.9 Å². The number of rotatable bonds is 6. The lowest BCUT2D eigenvalue weighted by atomic mass is 9.82. The predicted octanol–water partition coefficient (Wildman–Crippen LogP) is 4.62. The highest BCUT2D eigenvalue weighted by Crippen LogP contribution is 2.63. The van der Waals surface area contributed by atoms with Gasteiger partial charge < -0.3 is 19.7 Å². The van der Waals surface area contributed by atoms with Gasteiger partial charge in [-0.25, -0.2) is 0 Å². The van der Waals surface area contributed by atoms with E-state index >= 15 is 0 Å². The van der Waals surface area contributed by atoms with Crippen molar-refractivity contribution in [3.8, 4) is 11.5 Å². The minimum Gasteiger partial charge on any atom is -0.490 e. The molecule has 0 aliphatic heterocycles. The van der Waals surface area contributed by atoms with Crippen LogP contribution in [-0.4, -0.2) is 35.6 Å². The summed E-state index contributed by atoms with van der Waals surface area (Å²) in [5.41, 5.74) is 2.41. The first-order valence-electron chi connectivity index (χ1n) is 9.78. The second-order valence-corrected chi connectivity index (χ2v) is 8.63. The molecule has 0 spiro atoms. The molecule has 4 rings (SSSR count). The van der Waals surface area contributed by atoms with Crippen LogP contribution in [0.2, 0.25) is 5.02 Å². The molecule has 2 aliphatic carbocycles. The first kappa shape index (κ1) is 18.9. The molecule has 0 radical (unpaired) electrons. The fraction of sp³-hybridized carbons (Fsp3) is 0.545. The van der Waals surface area contributed by atoms with E-state index in [1.54, 1.807) is 13.8 Å². The van der Waals surface area contributed by atoms with Crippen molar-refractivity contribution in [2.24, 2.45) is 5.92 Å². The number of ether oxygens (including phenoxy) is 2. The van der Waals surface area contributed by atoms with Crippen molar-refractivity contribution in [3.05, 3.63) is 34.3 Å². The molecule has 2 aromatic rings. The zero-order valence-corrected chi connectivity index (χ0v) is 16.8. The lowest BCUT2D eigenvalue weighted by molar-refractivity contribution is 0.120. The molecule has 1 fully saturated rings. The van der Waals surface area contributed by atoms with Crippen molar-refractivity contribution in [1.29, 1.82) is 0 Å². The van der Waals surface area contributed by atoms with E-state index in [0.717, 1.165) is 35.1 Å². The van der Waals surface area contributed by atoms with Crippen LogP contribution >= 0.6 is 11.6 Å². The Morgan fingerprint density at radius 2 is 1.70 bits per heavy atom. The molecule has 0 amide bonds. The maximum Gasteiger partial charge on any atom is 0.132 e. The van der Waals surface area contributed by atoms with E-state index in [9.17, 15) is 10.2 Å². The molecule has 2 aromatic carbocycles. The molecule has 5 heteroatoms. The third-order valence-corrected chi connectivity index (χ3v) is 6.18. The number of halogens is 1. The summed E-state index contributed by atoms with van der Waals surface area (Å²) in [5, 5.41) is 21.9. The molecule has 0 aromatic heterocycles. The molecule has 2 aliphatic rings. The van der Waals surface area contributed by atoms with Gasteiger partial charge in [0.2, 0.25) is 0 Å². The number of benzene rings is 2. The molecule has 4 nitrogen and oxygen atoms in total. The highest BCUT2D eigenvalue weighted by Gasteiger charge is 2.46. The number of fused-ring (bicyclic) bond motifs is 6. The summed E-state index contributed by atoms with van der Waals surface area (Å²) in [4.78, 5) is 0. The van der Waals surface area contributed by atoms with Gasteiger partial charge in [-0.3, -0.25) is 0 Å². The van der Waals surface area contributed by atoms with Gasteiger partial charge in [0.15, 0.2) is 0 Å². The van der Waals surface area contributed by atoms with Crippen LogP contribution in [0.25, 0.3) is 10.8 Å². The Morgan fingerprint density at radius 3 is 2.37 bits per heavy atom. The summed E-state index contributed by atoms with van der Waals surface area (Å²) in [5.74, 6) is 3.10. The summed E-state index contributed by atoms with van der Waals surface area (Å²) in [6, 6.07) is 5.78. The van der Waals surface area contributed by atoms with Gasteiger partial charge in [0.05, 0.1) is 17.2 Å². The first-order chi connectivity index (χ1) is 12.9. The van der Waals surface area contributed by atoms with Gasteiger partial charge in [0.1, 0.15) is 24.7 Å². The lowest BCUT2D eigenvalue weighted by Gasteiger charge is -2.28. The Kier molecular flexibility index (Phi) is 5.00. The molecule has 0 saturated heterocycles. The average Bonchev–Trinajstić information content (AvgIpc) is 3.15. The summed E-state index contributed by atoms with van der Waals surface area (Å²) in [7, 11) is 0. The largest absolute Gasteiger partial charge is 0.490 e. The zero-order valence-electron chi connectivity index (χ0n) is 16.0. The zero-order chi connectivity index (χ0) is 19.3. The van der Waals surface area contributed by atoms with Gasteiger partial charge in [-0.15, -0.1) is 0 Å². The van der Waals surface area contributed by atoms with E-state index in [1.807, 2.05) is 18.2 Å². The van der Waals surface area contributed by atoms with Crippen LogP contribution in [0.4, 0.5) is 0 Å². The summed E-state index contributed by atoms with van der Waals surface area (Å²) >= 11 is 6.60. The van der Waals surface area contributed by atoms with E-state index < -0.39 is 12.2 Å². The van der Waals surface area contributed by atoms with Crippen molar-refractivity contribution >= 4 is 22.4 Å². The van der Waals surface area contributed by atoms with Crippen LogP contribution < -0.4 is 9.47 Å². The second kappa shape index (κ2) is 7.16. The van der Waals surface area contributed by atoms with Crippen molar-refractivity contribution in [2.75, 3.05) is 13.2 Å². The molecule has 5 atom stereocenters. The number of hydrogen-bond acceptors (Lipinski definition) is 4. The monoisotopic (exact) mass is 390 g/mol. The van der Waals surface area contributed by atoms with Crippen LogP contribution in [0.3, 0.4) is 0 Å². The minimum absolute atomic E-state index is 0.230. The molecule has 2 bridgehead atoms. The smallest absolute Gasteiger partial charge is 0.132 e. The third kappa shape index (κ3) is 3.18. The van der Waals surface area contributed by atoms with Gasteiger partial charge in [0, 0.05) is 21.9 Å². The predicted molar refractivity (Wildman–Crippen MR) is 107 cm³/mol. The van der Waals surface area contributed by atoms with E-state index in [2.05, 4.69) is 6.92 Å². The van der Waals surface area contributed by atoms with Crippen molar-refractivity contribution in [1.82, 2.24) is 0 Å². The highest BCUT2D eigenvalue weighted by atomic mass is 35.5. The van der Waals surface area contributed by atoms with Gasteiger partial charge in [-0.1, -0.05) is 30.7 Å². The van der Waals surface area contributed by atoms with Crippen molar-refractivity contribution in [3.63, 3.8) is 0 Å². The fourth-order valence-electron chi connectivity index (χ4n) is 4.84. The Balaban J connectivity index is 1.97. The molecular weight excluding hydrogens is 364 g/mol. The molecule has 146 valence electrons. The average molecular weight is 391 g/mol. The molecule has 27 heavy (non-hydrogen) atoms. The van der Waals surface area contributed by atoms with E-state index in [0.29, 0.717) is 22.8 Å². The van der Waals surface area contributed by atoms with Crippen LogP contribution in [0, 0.1) is 5.92 Å². The van der Waals surface area contributed by atoms with Gasteiger partial charge in [-0.2, -0.15) is 0 Å². The lowest BCUT2D eigenvalue weighted by Crippen LogP contribution is -2.18. The Hall–Kier alpha value is -1.49. The summed E-state index contributed by atoms with van der Waals surface area (Å²) in [6.45, 7) is 6.22. The van der Waals surface area contributed by atoms with E-state index in [4.69, 9.17) is 21.1 Å². The quantitative estimate of drug-likeness (QED) is 0.755. The van der Waals surface area contributed by atoms with Gasteiger partial charge in [-0.05, 0) is 50.5 Å². The van der Waals surface area contributed by atoms with E-state index in [1.165, 1.54) is 11.1 Å². The van der Waals surface area contributed by atoms with Crippen molar-refractivity contribution < 1.29 is 19.7 Å². The van der Waals surface area contributed by atoms with Crippen LogP contribution in [0.1, 0.15) is 56.6 Å². The SMILES string of the molecule is CC(O)COc1c2c(c(OCC(C)O)c3c(Cl)cccc13)C1CC(C)C2C1. The minimum atomic E-state index is -0.554. The summed E-state index contributed by atoms with van der Waals surface area (Å²) < 4.78 is 12.3. The Labute approximate surface area is 165 Å². The second-order valence-electron chi connectivity index (χ2n) is 8.22. The Bertz CT molecular complexity index is 861. The van der Waals surface area contributed by atoms with Crippen LogP contribution in [0.15, 0.2) is 18.2 Å². The van der Waals surface area contributed by atoms with Crippen LogP contribution in [0.5, 0.6) is 11.5 Å². The van der Waals surface area contributed by atoms with E-state index in [-0.39, 0.29) is 13.2 Å². The highest BCUT2D eigenvalue weighted by molar-refractivity contribution is 6.36. The van der Waals surface area contributed by atoms with Gasteiger partial charge in [0.25, 0.3) is 0 Å². The first-order valence-corrected chi connectivity index (χ1v) is 10.2. The fourth-order valence-corrected chi connectivity index (χ4v) is 5.10. The molecule has 2 N–H and O–H groups in total. The maximum absolute atomic E-state index is 9.77. The molecule has 1 saturated carbocycles. The molecular formula is C22H27ClO4. The normalized spacial score (nSPS) is 25.5. The number of aliphatic hydroxyl groups is 2. The Morgan fingerprint density at radius 1 is 1.04 bits per heavy atom. The molecule has 0 heterocycles. The maximum atomic E-state index is 9.77. The molecule has 5 unspecified atom stereocenters. The number of hydrogen-bond donors (Lipinski definition) is 2. The van der Waals surface area contributed by atoms with Crippen LogP contribution in [-0.2, 0) is 0 Å². The third-order valence-electron chi connectivity index (χ3n) is 5.86. The standard InChI is InChI=1S/C22H27ClO4/c1-11-7-14-8-16(11)20-18(14)22(27-10-13(3)25)19-15(5-4-6-17(19)23)21(20)26-9-12(2)24/h4-6,11-14,16,24-25H,7-10H2,1-3H3.